The molecule has 3 N–H and O–H groups in total. The lowest BCUT2D eigenvalue weighted by Gasteiger charge is -2.29. The van der Waals surface area contributed by atoms with Gasteiger partial charge in [-0.3, -0.25) is 4.79 Å². The maximum Gasteiger partial charge on any atom is 0.237 e. The molecule has 4 heteroatoms. The second-order valence-electron chi connectivity index (χ2n) is 6.12. The zero-order valence-corrected chi connectivity index (χ0v) is 13.6. The van der Waals surface area contributed by atoms with E-state index in [4.69, 9.17) is 10.5 Å². The molecular weight excluding hydrogens is 264 g/mol. The minimum atomic E-state index is -0.641. The van der Waals surface area contributed by atoms with Crippen molar-refractivity contribution in [3.8, 4) is 5.75 Å². The fourth-order valence-electron chi connectivity index (χ4n) is 2.38. The van der Waals surface area contributed by atoms with Crippen LogP contribution >= 0.6 is 0 Å². The third-order valence-electron chi connectivity index (χ3n) is 3.48. The van der Waals surface area contributed by atoms with Crippen molar-refractivity contribution in [2.45, 2.75) is 58.5 Å². The number of ether oxygens (including phenoxy) is 1. The Kier molecular flexibility index (Phi) is 6.69. The summed E-state index contributed by atoms with van der Waals surface area (Å²) in [4.78, 5) is 11.6. The molecule has 1 amide bonds. The third-order valence-corrected chi connectivity index (χ3v) is 3.48. The highest BCUT2D eigenvalue weighted by Gasteiger charge is 2.30. The molecule has 0 aliphatic rings. The highest BCUT2D eigenvalue weighted by molar-refractivity contribution is 5.84. The average Bonchev–Trinajstić information content (AvgIpc) is 2.37. The first-order chi connectivity index (χ1) is 9.83. The highest BCUT2D eigenvalue weighted by Crippen LogP contribution is 2.16. The summed E-state index contributed by atoms with van der Waals surface area (Å²) in [6, 6.07) is 8.24. The summed E-state index contributed by atoms with van der Waals surface area (Å²) in [5, 5.41) is 3.26. The quantitative estimate of drug-likeness (QED) is 0.688. The maximum absolute atomic E-state index is 11.6. The van der Waals surface area contributed by atoms with E-state index in [9.17, 15) is 4.79 Å². The van der Waals surface area contributed by atoms with Crippen molar-refractivity contribution < 1.29 is 9.53 Å². The number of primary amides is 1. The van der Waals surface area contributed by atoms with Crippen molar-refractivity contribution in [1.82, 2.24) is 5.32 Å². The lowest BCUT2D eigenvalue weighted by Crippen LogP contribution is -2.55. The first-order valence-electron chi connectivity index (χ1n) is 7.60. The van der Waals surface area contributed by atoms with Crippen molar-refractivity contribution in [2.75, 3.05) is 6.61 Å². The van der Waals surface area contributed by atoms with Gasteiger partial charge in [-0.2, -0.15) is 0 Å². The van der Waals surface area contributed by atoms with Crippen LogP contribution in [0.15, 0.2) is 24.3 Å². The van der Waals surface area contributed by atoms with Crippen LogP contribution in [0, 0.1) is 6.92 Å². The molecule has 1 atom stereocenters. The number of unbranched alkanes of at least 4 members (excludes halogenated alkanes) is 1. The first kappa shape index (κ1) is 17.5. The zero-order chi connectivity index (χ0) is 15.9. The molecule has 0 aliphatic carbocycles. The molecular formula is C17H28N2O2. The molecule has 1 aromatic carbocycles. The minimum Gasteiger partial charge on any atom is -0.494 e. The van der Waals surface area contributed by atoms with Crippen LogP contribution in [0.3, 0.4) is 0 Å². The Morgan fingerprint density at radius 2 is 2.10 bits per heavy atom. The molecule has 0 fully saturated rings. The number of rotatable bonds is 9. The topological polar surface area (TPSA) is 64.3 Å². The minimum absolute atomic E-state index is 0.228. The van der Waals surface area contributed by atoms with Crippen LogP contribution in [-0.2, 0) is 4.79 Å². The Hall–Kier alpha value is -1.55. The van der Waals surface area contributed by atoms with Crippen molar-refractivity contribution in [1.29, 1.82) is 0 Å². The second-order valence-corrected chi connectivity index (χ2v) is 6.12. The molecule has 0 radical (unpaired) electrons. The SMILES string of the molecule is Cc1cccc(OCCCCC(C)(NC(C)C)C(N)=O)c1. The van der Waals surface area contributed by atoms with Gasteiger partial charge in [0.1, 0.15) is 5.75 Å². The van der Waals surface area contributed by atoms with Gasteiger partial charge in [0.25, 0.3) is 0 Å². The molecule has 0 heterocycles. The number of hydrogen-bond donors (Lipinski definition) is 2. The highest BCUT2D eigenvalue weighted by atomic mass is 16.5. The maximum atomic E-state index is 11.6. The normalized spacial score (nSPS) is 14.0. The molecule has 0 aliphatic heterocycles. The van der Waals surface area contributed by atoms with E-state index >= 15 is 0 Å². The van der Waals surface area contributed by atoms with E-state index in [1.165, 1.54) is 5.56 Å². The molecule has 0 aromatic heterocycles. The van der Waals surface area contributed by atoms with Crippen LogP contribution in [0.1, 0.15) is 45.6 Å². The van der Waals surface area contributed by atoms with Gasteiger partial charge in [-0.15, -0.1) is 0 Å². The molecule has 21 heavy (non-hydrogen) atoms. The lowest BCUT2D eigenvalue weighted by molar-refractivity contribution is -0.124. The predicted molar refractivity (Wildman–Crippen MR) is 86.4 cm³/mol. The van der Waals surface area contributed by atoms with E-state index in [2.05, 4.69) is 5.32 Å². The summed E-state index contributed by atoms with van der Waals surface area (Å²) in [6.07, 6.45) is 2.51. The number of benzene rings is 1. The monoisotopic (exact) mass is 292 g/mol. The summed E-state index contributed by atoms with van der Waals surface area (Å²) < 4.78 is 5.71. The molecule has 0 saturated carbocycles. The van der Waals surface area contributed by atoms with Crippen LogP contribution in [0.4, 0.5) is 0 Å². The fourth-order valence-corrected chi connectivity index (χ4v) is 2.38. The van der Waals surface area contributed by atoms with Gasteiger partial charge in [0, 0.05) is 6.04 Å². The molecule has 1 rings (SSSR count). The van der Waals surface area contributed by atoms with Crippen LogP contribution in [-0.4, -0.2) is 24.1 Å². The van der Waals surface area contributed by atoms with Gasteiger partial charge in [0.2, 0.25) is 5.91 Å². The Morgan fingerprint density at radius 1 is 1.38 bits per heavy atom. The molecule has 118 valence electrons. The Labute approximate surface area is 128 Å². The molecule has 1 unspecified atom stereocenters. The van der Waals surface area contributed by atoms with E-state index < -0.39 is 5.54 Å². The summed E-state index contributed by atoms with van der Waals surface area (Å²) in [6.45, 7) is 8.60. The summed E-state index contributed by atoms with van der Waals surface area (Å²) >= 11 is 0. The predicted octanol–water partition coefficient (Wildman–Crippen LogP) is 2.79. The molecule has 0 bridgehead atoms. The standard InChI is InChI=1S/C17H28N2O2/c1-13(2)19-17(4,16(18)20)10-5-6-11-21-15-9-7-8-14(3)12-15/h7-9,12-13,19H,5-6,10-11H2,1-4H3,(H2,18,20). The smallest absolute Gasteiger partial charge is 0.237 e. The van der Waals surface area contributed by atoms with Crippen LogP contribution in [0.5, 0.6) is 5.75 Å². The van der Waals surface area contributed by atoms with E-state index in [1.54, 1.807) is 0 Å². The summed E-state index contributed by atoms with van der Waals surface area (Å²) in [7, 11) is 0. The number of amides is 1. The number of hydrogen-bond acceptors (Lipinski definition) is 3. The molecule has 4 nitrogen and oxygen atoms in total. The Balaban J connectivity index is 2.33. The van der Waals surface area contributed by atoms with Gasteiger partial charge < -0.3 is 15.8 Å². The number of nitrogens with two attached hydrogens (primary N) is 1. The number of carbonyl (C=O) groups is 1. The average molecular weight is 292 g/mol. The van der Waals surface area contributed by atoms with Gasteiger partial charge in [-0.25, -0.2) is 0 Å². The molecule has 0 saturated heterocycles. The third kappa shape index (κ3) is 6.17. The lowest BCUT2D eigenvalue weighted by atomic mass is 9.93. The molecule has 0 spiro atoms. The zero-order valence-electron chi connectivity index (χ0n) is 13.6. The number of carbonyl (C=O) groups excluding carboxylic acids is 1. The second kappa shape index (κ2) is 8.03. The van der Waals surface area contributed by atoms with Crippen LogP contribution < -0.4 is 15.8 Å². The number of aryl methyl sites for hydroxylation is 1. The Bertz CT molecular complexity index is 460. The van der Waals surface area contributed by atoms with E-state index in [0.29, 0.717) is 6.61 Å². The number of nitrogens with one attached hydrogen (secondary N) is 1. The first-order valence-corrected chi connectivity index (χ1v) is 7.60. The van der Waals surface area contributed by atoms with Crippen molar-refractivity contribution in [3.63, 3.8) is 0 Å². The van der Waals surface area contributed by atoms with Crippen LogP contribution in [0.2, 0.25) is 0 Å². The summed E-state index contributed by atoms with van der Waals surface area (Å²) in [5.74, 6) is 0.601. The fraction of sp³-hybridized carbons (Fsp3) is 0.588. The van der Waals surface area contributed by atoms with Gasteiger partial charge >= 0.3 is 0 Å². The van der Waals surface area contributed by atoms with Gasteiger partial charge in [0.05, 0.1) is 12.1 Å². The van der Waals surface area contributed by atoms with Gasteiger partial charge in [-0.1, -0.05) is 12.1 Å². The van der Waals surface area contributed by atoms with Crippen molar-refractivity contribution in [3.05, 3.63) is 29.8 Å². The van der Waals surface area contributed by atoms with Gasteiger partial charge in [0.15, 0.2) is 0 Å². The van der Waals surface area contributed by atoms with Crippen LogP contribution in [0.25, 0.3) is 0 Å². The summed E-state index contributed by atoms with van der Waals surface area (Å²) in [5.41, 5.74) is 6.06. The van der Waals surface area contributed by atoms with Gasteiger partial charge in [-0.05, 0) is 64.7 Å². The van der Waals surface area contributed by atoms with E-state index in [1.807, 2.05) is 52.0 Å². The van der Waals surface area contributed by atoms with E-state index in [-0.39, 0.29) is 11.9 Å². The molecule has 1 aromatic rings. The van der Waals surface area contributed by atoms with Crippen molar-refractivity contribution >= 4 is 5.91 Å². The largest absolute Gasteiger partial charge is 0.494 e. The van der Waals surface area contributed by atoms with Crippen molar-refractivity contribution in [2.24, 2.45) is 5.73 Å². The van der Waals surface area contributed by atoms with E-state index in [0.717, 1.165) is 25.0 Å². The Morgan fingerprint density at radius 3 is 2.67 bits per heavy atom.